The average Bonchev–Trinajstić information content (AvgIpc) is 3.64. The second kappa shape index (κ2) is 10.2. The fourth-order valence-electron chi connectivity index (χ4n) is 5.72. The van der Waals surface area contributed by atoms with Gasteiger partial charge in [0.1, 0.15) is 10.7 Å². The van der Waals surface area contributed by atoms with Crippen molar-refractivity contribution in [2.75, 3.05) is 25.5 Å². The summed E-state index contributed by atoms with van der Waals surface area (Å²) >= 11 is 6.74. The summed E-state index contributed by atoms with van der Waals surface area (Å²) < 4.78 is 5.56. The van der Waals surface area contributed by atoms with Gasteiger partial charge in [-0.1, -0.05) is 29.8 Å². The number of H-pyrrole nitrogens is 1. The highest BCUT2D eigenvalue weighted by atomic mass is 35.5. The molecule has 0 radical (unpaired) electrons. The third kappa shape index (κ3) is 5.23. The number of nitrogens with zero attached hydrogens (tertiary/aromatic N) is 3. The third-order valence-electron chi connectivity index (χ3n) is 7.47. The molecule has 0 spiro atoms. The molecular weight excluding hydrogens is 496 g/mol. The molecule has 1 aliphatic carbocycles. The lowest BCUT2D eigenvalue weighted by Crippen LogP contribution is -2.53. The van der Waals surface area contributed by atoms with E-state index in [1.54, 1.807) is 7.11 Å². The molecule has 1 saturated heterocycles. The minimum absolute atomic E-state index is 0.350. The highest BCUT2D eigenvalue weighted by molar-refractivity contribution is 6.34. The molecule has 8 heteroatoms. The maximum atomic E-state index is 6.74. The predicted molar refractivity (Wildman–Crippen MR) is 155 cm³/mol. The van der Waals surface area contributed by atoms with Gasteiger partial charge in [0.05, 0.1) is 7.11 Å². The van der Waals surface area contributed by atoms with E-state index in [9.17, 15) is 0 Å². The van der Waals surface area contributed by atoms with E-state index < -0.39 is 0 Å². The fourth-order valence-corrected chi connectivity index (χ4v) is 5.99. The van der Waals surface area contributed by atoms with Crippen LogP contribution < -0.4 is 15.4 Å². The van der Waals surface area contributed by atoms with Crippen LogP contribution in [-0.2, 0) is 6.54 Å². The zero-order valence-corrected chi connectivity index (χ0v) is 23.2. The number of rotatable bonds is 7. The van der Waals surface area contributed by atoms with E-state index in [4.69, 9.17) is 21.3 Å². The van der Waals surface area contributed by atoms with Crippen molar-refractivity contribution >= 4 is 34.1 Å². The molecule has 1 aliphatic heterocycles. The van der Waals surface area contributed by atoms with Gasteiger partial charge in [0.25, 0.3) is 0 Å². The van der Waals surface area contributed by atoms with Gasteiger partial charge in [-0.3, -0.25) is 4.90 Å². The summed E-state index contributed by atoms with van der Waals surface area (Å²) in [6.45, 7) is 9.62. The summed E-state index contributed by atoms with van der Waals surface area (Å²) in [6, 6.07) is 14.1. The van der Waals surface area contributed by atoms with Gasteiger partial charge in [0, 0.05) is 60.1 Å². The number of aryl methyl sites for hydroxylation is 1. The monoisotopic (exact) mass is 530 g/mol. The number of fused-ring (bicyclic) bond motifs is 1. The lowest BCUT2D eigenvalue weighted by atomic mass is 10.0. The van der Waals surface area contributed by atoms with Crippen LogP contribution in [0.4, 0.5) is 11.6 Å². The number of methoxy groups -OCH3 is 1. The first kappa shape index (κ1) is 25.2. The van der Waals surface area contributed by atoms with Gasteiger partial charge in [0.15, 0.2) is 0 Å². The number of aromatic amines is 1. The molecule has 0 bridgehead atoms. The highest BCUT2D eigenvalue weighted by Gasteiger charge is 2.26. The van der Waals surface area contributed by atoms with E-state index in [0.717, 1.165) is 41.8 Å². The van der Waals surface area contributed by atoms with E-state index in [0.29, 0.717) is 40.5 Å². The molecule has 3 heterocycles. The van der Waals surface area contributed by atoms with Crippen LogP contribution in [0.25, 0.3) is 22.2 Å². The Hall–Kier alpha value is -3.13. The zero-order valence-electron chi connectivity index (χ0n) is 22.4. The van der Waals surface area contributed by atoms with Gasteiger partial charge < -0.3 is 20.4 Å². The first-order valence-corrected chi connectivity index (χ1v) is 13.8. The number of nitrogens with one attached hydrogen (secondary N) is 3. The van der Waals surface area contributed by atoms with Crippen molar-refractivity contribution in [1.29, 1.82) is 0 Å². The molecule has 2 atom stereocenters. The van der Waals surface area contributed by atoms with E-state index in [1.165, 1.54) is 29.5 Å². The van der Waals surface area contributed by atoms with Crippen LogP contribution in [-0.4, -0.2) is 52.1 Å². The van der Waals surface area contributed by atoms with Crippen molar-refractivity contribution in [3.8, 4) is 17.1 Å². The van der Waals surface area contributed by atoms with Gasteiger partial charge in [0.2, 0.25) is 11.8 Å². The Bertz CT molecular complexity index is 1470. The number of anilines is 2. The fraction of sp³-hybridized carbons (Fsp3) is 0.400. The Balaban J connectivity index is 1.34. The molecule has 6 rings (SSSR count). The number of hydrogen-bond acceptors (Lipinski definition) is 6. The van der Waals surface area contributed by atoms with Crippen LogP contribution >= 0.6 is 11.6 Å². The van der Waals surface area contributed by atoms with Crippen LogP contribution in [0.3, 0.4) is 0 Å². The van der Waals surface area contributed by atoms with E-state index in [2.05, 4.69) is 82.7 Å². The topological polar surface area (TPSA) is 78.1 Å². The minimum Gasteiger partial charge on any atom is -0.480 e. The van der Waals surface area contributed by atoms with Crippen LogP contribution in [0.5, 0.6) is 5.88 Å². The molecule has 4 aromatic rings. The van der Waals surface area contributed by atoms with Crippen molar-refractivity contribution in [3.05, 3.63) is 64.3 Å². The quantitative estimate of drug-likeness (QED) is 0.257. The lowest BCUT2D eigenvalue weighted by Gasteiger charge is -2.36. The van der Waals surface area contributed by atoms with Gasteiger partial charge >= 0.3 is 0 Å². The first-order chi connectivity index (χ1) is 18.4. The molecule has 0 unspecified atom stereocenters. The normalized spacial score (nSPS) is 20.1. The Morgan fingerprint density at radius 1 is 1.08 bits per heavy atom. The molecular formula is C30H35ClN6O. The third-order valence-corrected chi connectivity index (χ3v) is 7.81. The van der Waals surface area contributed by atoms with Gasteiger partial charge in [-0.15, -0.1) is 0 Å². The summed E-state index contributed by atoms with van der Waals surface area (Å²) in [7, 11) is 1.58. The Labute approximate surface area is 229 Å². The predicted octanol–water partition coefficient (Wildman–Crippen LogP) is 6.40. The summed E-state index contributed by atoms with van der Waals surface area (Å²) in [5, 5.41) is 8.57. The Kier molecular flexibility index (Phi) is 6.76. The standard InChI is InChI=1S/C30H35ClN6O/c1-17-5-8-24-25(13-32-26(24)9-17)28-27(31)29(38-4)36-30(35-28)34-23-11-20(10-22(12-23)21-6-7-21)16-37-14-18(2)33-19(3)15-37/h5,8-13,18-19,21,32-33H,6-7,14-16H2,1-4H3,(H,34,35,36)/t18-,19+. The number of halogens is 1. The molecule has 2 aromatic heterocycles. The van der Waals surface area contributed by atoms with Crippen molar-refractivity contribution in [2.45, 2.75) is 58.2 Å². The molecule has 0 amide bonds. The van der Waals surface area contributed by atoms with Crippen LogP contribution in [0.2, 0.25) is 5.02 Å². The smallest absolute Gasteiger partial charge is 0.237 e. The molecule has 1 saturated carbocycles. The summed E-state index contributed by atoms with van der Waals surface area (Å²) in [4.78, 5) is 15.4. The van der Waals surface area contributed by atoms with Crippen LogP contribution in [0.15, 0.2) is 42.6 Å². The van der Waals surface area contributed by atoms with Gasteiger partial charge in [-0.25, -0.2) is 4.98 Å². The number of aromatic nitrogens is 3. The highest BCUT2D eigenvalue weighted by Crippen LogP contribution is 2.42. The van der Waals surface area contributed by atoms with E-state index >= 15 is 0 Å². The number of benzene rings is 2. The van der Waals surface area contributed by atoms with Crippen molar-refractivity contribution in [1.82, 2.24) is 25.2 Å². The Morgan fingerprint density at radius 3 is 2.61 bits per heavy atom. The molecule has 2 aromatic carbocycles. The maximum Gasteiger partial charge on any atom is 0.237 e. The number of piperazine rings is 1. The summed E-state index contributed by atoms with van der Waals surface area (Å²) in [5.74, 6) is 1.45. The second-order valence-electron chi connectivity index (χ2n) is 11.0. The van der Waals surface area contributed by atoms with Crippen molar-refractivity contribution in [2.24, 2.45) is 0 Å². The second-order valence-corrected chi connectivity index (χ2v) is 11.4. The molecule has 198 valence electrons. The number of ether oxygens (including phenoxy) is 1. The lowest BCUT2D eigenvalue weighted by molar-refractivity contribution is 0.166. The molecule has 38 heavy (non-hydrogen) atoms. The summed E-state index contributed by atoms with van der Waals surface area (Å²) in [5.41, 5.74) is 7.48. The molecule has 2 aliphatic rings. The SMILES string of the molecule is COc1nc(Nc2cc(CN3C[C@@H](C)N[C@@H](C)C3)cc(C3CC3)c2)nc(-c2c[nH]c3cc(C)ccc23)c1Cl. The van der Waals surface area contributed by atoms with Crippen molar-refractivity contribution < 1.29 is 4.74 Å². The number of hydrogen-bond donors (Lipinski definition) is 3. The molecule has 7 nitrogen and oxygen atoms in total. The Morgan fingerprint density at radius 2 is 1.87 bits per heavy atom. The summed E-state index contributed by atoms with van der Waals surface area (Å²) in [6.07, 6.45) is 4.45. The largest absolute Gasteiger partial charge is 0.480 e. The van der Waals surface area contributed by atoms with Crippen molar-refractivity contribution in [3.63, 3.8) is 0 Å². The molecule has 2 fully saturated rings. The maximum absolute atomic E-state index is 6.74. The van der Waals surface area contributed by atoms with E-state index in [-0.39, 0.29) is 0 Å². The minimum atomic E-state index is 0.350. The average molecular weight is 531 g/mol. The first-order valence-electron chi connectivity index (χ1n) is 13.4. The van der Waals surface area contributed by atoms with Crippen LogP contribution in [0.1, 0.15) is 49.3 Å². The molecule has 3 N–H and O–H groups in total. The van der Waals surface area contributed by atoms with E-state index in [1.807, 2.05) is 6.20 Å². The zero-order chi connectivity index (χ0) is 26.4. The van der Waals surface area contributed by atoms with Gasteiger partial charge in [-0.2, -0.15) is 4.98 Å². The van der Waals surface area contributed by atoms with Gasteiger partial charge in [-0.05, 0) is 74.4 Å². The van der Waals surface area contributed by atoms with Crippen LogP contribution in [0, 0.1) is 6.92 Å².